The maximum atomic E-state index is 6.09. The van der Waals surface area contributed by atoms with E-state index < -0.39 is 0 Å². The minimum atomic E-state index is 0.337. The number of hydrogen-bond donors (Lipinski definition) is 1. The maximum Gasteiger partial charge on any atom is 0.0409 e. The van der Waals surface area contributed by atoms with Gasteiger partial charge in [-0.3, -0.25) is 9.88 Å². The van der Waals surface area contributed by atoms with Crippen LogP contribution in [0.3, 0.4) is 0 Å². The highest BCUT2D eigenvalue weighted by Crippen LogP contribution is 2.20. The van der Waals surface area contributed by atoms with E-state index in [0.29, 0.717) is 12.1 Å². The second-order valence-electron chi connectivity index (χ2n) is 6.36. The quantitative estimate of drug-likeness (QED) is 0.897. The molecule has 1 unspecified atom stereocenters. The van der Waals surface area contributed by atoms with Gasteiger partial charge in [-0.2, -0.15) is 0 Å². The lowest BCUT2D eigenvalue weighted by atomic mass is 10.0. The van der Waals surface area contributed by atoms with E-state index >= 15 is 0 Å². The van der Waals surface area contributed by atoms with Gasteiger partial charge in [0.15, 0.2) is 0 Å². The van der Waals surface area contributed by atoms with Gasteiger partial charge in [0.1, 0.15) is 0 Å². The third kappa shape index (κ3) is 4.77. The molecule has 1 aromatic heterocycles. The van der Waals surface area contributed by atoms with Gasteiger partial charge in [-0.05, 0) is 62.2 Å². The highest BCUT2D eigenvalue weighted by molar-refractivity contribution is 6.30. The van der Waals surface area contributed by atoms with Crippen LogP contribution in [0.4, 0.5) is 0 Å². The van der Waals surface area contributed by atoms with Gasteiger partial charge < -0.3 is 5.32 Å². The Morgan fingerprint density at radius 2 is 2.09 bits per heavy atom. The number of pyridine rings is 1. The lowest BCUT2D eigenvalue weighted by molar-refractivity contribution is 0.185. The SMILES string of the molecule is CC(NC1CCN(Cc2cccnc2)CC1)c1cccc(Cl)c1. The van der Waals surface area contributed by atoms with Crippen LogP contribution in [0.15, 0.2) is 48.8 Å². The maximum absolute atomic E-state index is 6.09. The van der Waals surface area contributed by atoms with Gasteiger partial charge in [-0.25, -0.2) is 0 Å². The van der Waals surface area contributed by atoms with E-state index in [1.165, 1.54) is 24.0 Å². The highest BCUT2D eigenvalue weighted by atomic mass is 35.5. The van der Waals surface area contributed by atoms with E-state index in [1.807, 2.05) is 30.6 Å². The van der Waals surface area contributed by atoms with Crippen molar-refractivity contribution in [2.45, 2.75) is 38.4 Å². The number of hydrogen-bond acceptors (Lipinski definition) is 3. The largest absolute Gasteiger partial charge is 0.307 e. The second kappa shape index (κ2) is 7.91. The Hall–Kier alpha value is -1.42. The van der Waals surface area contributed by atoms with Crippen molar-refractivity contribution >= 4 is 11.6 Å². The fraction of sp³-hybridized carbons (Fsp3) is 0.421. The number of benzene rings is 1. The molecular weight excluding hydrogens is 306 g/mol. The third-order valence-electron chi connectivity index (χ3n) is 4.55. The number of likely N-dealkylation sites (tertiary alicyclic amines) is 1. The summed E-state index contributed by atoms with van der Waals surface area (Å²) in [7, 11) is 0. The molecule has 1 aromatic carbocycles. The molecule has 2 aromatic rings. The van der Waals surface area contributed by atoms with Gasteiger partial charge in [0.25, 0.3) is 0 Å². The summed E-state index contributed by atoms with van der Waals surface area (Å²) in [4.78, 5) is 6.71. The van der Waals surface area contributed by atoms with E-state index in [9.17, 15) is 0 Å². The summed E-state index contributed by atoms with van der Waals surface area (Å²) in [6.07, 6.45) is 6.17. The van der Waals surface area contributed by atoms with Crippen LogP contribution in [0.2, 0.25) is 5.02 Å². The third-order valence-corrected chi connectivity index (χ3v) is 4.79. The van der Waals surface area contributed by atoms with Crippen LogP contribution in [-0.4, -0.2) is 29.0 Å². The molecule has 0 radical (unpaired) electrons. The molecule has 1 atom stereocenters. The molecule has 3 nitrogen and oxygen atoms in total. The van der Waals surface area contributed by atoms with Crippen molar-refractivity contribution < 1.29 is 0 Å². The Labute approximate surface area is 143 Å². The first-order valence-electron chi connectivity index (χ1n) is 8.33. The highest BCUT2D eigenvalue weighted by Gasteiger charge is 2.21. The first-order valence-corrected chi connectivity index (χ1v) is 8.71. The zero-order valence-corrected chi connectivity index (χ0v) is 14.3. The van der Waals surface area contributed by atoms with Crippen LogP contribution in [-0.2, 0) is 6.54 Å². The standard InChI is InChI=1S/C19H24ClN3/c1-15(17-5-2-6-18(20)12-17)22-19-7-10-23(11-8-19)14-16-4-3-9-21-13-16/h2-6,9,12-13,15,19,22H,7-8,10-11,14H2,1H3. The summed E-state index contributed by atoms with van der Waals surface area (Å²) in [5.74, 6) is 0. The molecule has 23 heavy (non-hydrogen) atoms. The van der Waals surface area contributed by atoms with Crippen molar-refractivity contribution in [2.24, 2.45) is 0 Å². The zero-order chi connectivity index (χ0) is 16.1. The van der Waals surface area contributed by atoms with Gasteiger partial charge in [-0.15, -0.1) is 0 Å². The number of aromatic nitrogens is 1. The molecular formula is C19H24ClN3. The number of piperidine rings is 1. The molecule has 0 amide bonds. The van der Waals surface area contributed by atoms with Crippen LogP contribution in [0.5, 0.6) is 0 Å². The first kappa shape index (κ1) is 16.4. The predicted octanol–water partition coefficient (Wildman–Crippen LogP) is 4.05. The Balaban J connectivity index is 1.47. The molecule has 0 aliphatic carbocycles. The number of nitrogens with one attached hydrogen (secondary N) is 1. The van der Waals surface area contributed by atoms with Gasteiger partial charge in [0, 0.05) is 36.0 Å². The van der Waals surface area contributed by atoms with E-state index in [0.717, 1.165) is 24.7 Å². The van der Waals surface area contributed by atoms with Crippen LogP contribution < -0.4 is 5.32 Å². The van der Waals surface area contributed by atoms with E-state index in [1.54, 1.807) is 0 Å². The monoisotopic (exact) mass is 329 g/mol. The summed E-state index contributed by atoms with van der Waals surface area (Å²) >= 11 is 6.09. The number of rotatable bonds is 5. The summed E-state index contributed by atoms with van der Waals surface area (Å²) in [6.45, 7) is 5.49. The normalized spacial score (nSPS) is 18.0. The average Bonchev–Trinajstić information content (AvgIpc) is 2.57. The fourth-order valence-corrected chi connectivity index (χ4v) is 3.43. The molecule has 0 saturated carbocycles. The van der Waals surface area contributed by atoms with Gasteiger partial charge in [-0.1, -0.05) is 29.8 Å². The molecule has 1 N–H and O–H groups in total. The van der Waals surface area contributed by atoms with Crippen molar-refractivity contribution in [3.63, 3.8) is 0 Å². The summed E-state index contributed by atoms with van der Waals surface area (Å²) in [5, 5.41) is 4.56. The summed E-state index contributed by atoms with van der Waals surface area (Å²) in [6, 6.07) is 13.2. The van der Waals surface area contributed by atoms with Crippen LogP contribution in [0.1, 0.15) is 36.9 Å². The van der Waals surface area contributed by atoms with Crippen LogP contribution in [0, 0.1) is 0 Å². The van der Waals surface area contributed by atoms with E-state index in [-0.39, 0.29) is 0 Å². The molecule has 2 heterocycles. The predicted molar refractivity (Wildman–Crippen MR) is 95.5 cm³/mol. The van der Waals surface area contributed by atoms with E-state index in [2.05, 4.69) is 40.3 Å². The van der Waals surface area contributed by atoms with Crippen LogP contribution in [0.25, 0.3) is 0 Å². The molecule has 4 heteroatoms. The Morgan fingerprint density at radius 1 is 1.26 bits per heavy atom. The van der Waals surface area contributed by atoms with Gasteiger partial charge in [0.2, 0.25) is 0 Å². The molecule has 3 rings (SSSR count). The fourth-order valence-electron chi connectivity index (χ4n) is 3.23. The Kier molecular flexibility index (Phi) is 5.65. The molecule has 1 fully saturated rings. The van der Waals surface area contributed by atoms with Gasteiger partial charge in [0.05, 0.1) is 0 Å². The molecule has 1 aliphatic rings. The van der Waals surface area contributed by atoms with Crippen molar-refractivity contribution in [1.82, 2.24) is 15.2 Å². The lowest BCUT2D eigenvalue weighted by Gasteiger charge is -2.34. The second-order valence-corrected chi connectivity index (χ2v) is 6.79. The summed E-state index contributed by atoms with van der Waals surface area (Å²) in [5.41, 5.74) is 2.56. The molecule has 0 spiro atoms. The Bertz CT molecular complexity index is 609. The van der Waals surface area contributed by atoms with Crippen LogP contribution >= 0.6 is 11.6 Å². The molecule has 0 bridgehead atoms. The molecule has 1 saturated heterocycles. The van der Waals surface area contributed by atoms with Crippen molar-refractivity contribution in [3.05, 3.63) is 64.9 Å². The van der Waals surface area contributed by atoms with E-state index in [4.69, 9.17) is 11.6 Å². The number of halogens is 1. The zero-order valence-electron chi connectivity index (χ0n) is 13.6. The first-order chi connectivity index (χ1) is 11.2. The van der Waals surface area contributed by atoms with Gasteiger partial charge >= 0.3 is 0 Å². The van der Waals surface area contributed by atoms with Crippen molar-refractivity contribution in [1.29, 1.82) is 0 Å². The average molecular weight is 330 g/mol. The molecule has 1 aliphatic heterocycles. The lowest BCUT2D eigenvalue weighted by Crippen LogP contribution is -2.42. The topological polar surface area (TPSA) is 28.2 Å². The van der Waals surface area contributed by atoms with Crippen molar-refractivity contribution in [3.8, 4) is 0 Å². The van der Waals surface area contributed by atoms with Crippen molar-refractivity contribution in [2.75, 3.05) is 13.1 Å². The minimum absolute atomic E-state index is 0.337. The molecule has 122 valence electrons. The minimum Gasteiger partial charge on any atom is -0.307 e. The number of nitrogens with zero attached hydrogens (tertiary/aromatic N) is 2. The Morgan fingerprint density at radius 3 is 2.78 bits per heavy atom. The smallest absolute Gasteiger partial charge is 0.0409 e. The summed E-state index contributed by atoms with van der Waals surface area (Å²) < 4.78 is 0.